The lowest BCUT2D eigenvalue weighted by molar-refractivity contribution is -0.0246. The Morgan fingerprint density at radius 1 is 1.29 bits per heavy atom. The normalized spacial score (nSPS) is 38.5. The topological polar surface area (TPSA) is 41.7 Å². The summed E-state index contributed by atoms with van der Waals surface area (Å²) in [4.78, 5) is 4.95. The van der Waals surface area contributed by atoms with E-state index in [9.17, 15) is 0 Å². The number of piperazine rings is 1. The Hall–Kier alpha value is -0.160. The van der Waals surface area contributed by atoms with Gasteiger partial charge in [0.1, 0.15) is 0 Å². The molecule has 2 aliphatic heterocycles. The third kappa shape index (κ3) is 2.99. The lowest BCUT2D eigenvalue weighted by atomic mass is 10.0. The van der Waals surface area contributed by atoms with Gasteiger partial charge in [-0.1, -0.05) is 0 Å². The van der Waals surface area contributed by atoms with Crippen molar-refractivity contribution >= 4 is 0 Å². The van der Waals surface area contributed by atoms with Crippen LogP contribution in [-0.2, 0) is 4.74 Å². The Bertz CT molecular complexity index is 249. The quantitative estimate of drug-likeness (QED) is 0.782. The maximum atomic E-state index is 5.99. The first-order chi connectivity index (χ1) is 8.11. The first kappa shape index (κ1) is 13.3. The third-order valence-corrected chi connectivity index (χ3v) is 4.40. The summed E-state index contributed by atoms with van der Waals surface area (Å²) in [5.74, 6) is 0. The molecule has 2 N–H and O–H groups in total. The van der Waals surface area contributed by atoms with Crippen LogP contribution in [0, 0.1) is 0 Å². The number of nitrogens with zero attached hydrogens (tertiary/aromatic N) is 2. The van der Waals surface area contributed by atoms with Crippen molar-refractivity contribution in [3.8, 4) is 0 Å². The molecule has 0 radical (unpaired) electrons. The number of rotatable bonds is 3. The molecule has 4 nitrogen and oxygen atoms in total. The van der Waals surface area contributed by atoms with E-state index < -0.39 is 0 Å². The minimum Gasteiger partial charge on any atom is -0.374 e. The van der Waals surface area contributed by atoms with E-state index in [0.717, 1.165) is 19.6 Å². The predicted molar refractivity (Wildman–Crippen MR) is 70.1 cm³/mol. The Balaban J connectivity index is 1.94. The number of nitrogens with two attached hydrogens (primary N) is 1. The number of likely N-dealkylation sites (N-methyl/N-ethyl adjacent to an activating group) is 1. The predicted octanol–water partition coefficient (Wildman–Crippen LogP) is 0.517. The molecule has 100 valence electrons. The lowest BCUT2D eigenvalue weighted by Gasteiger charge is -2.43. The molecule has 4 atom stereocenters. The SMILES string of the molecule is CC1CCC(C(CN)N2CCN(C)C(C)C2)O1. The minimum atomic E-state index is 0.352. The molecule has 0 saturated carbocycles. The monoisotopic (exact) mass is 241 g/mol. The molecule has 4 heteroatoms. The largest absolute Gasteiger partial charge is 0.374 e. The zero-order valence-corrected chi connectivity index (χ0v) is 11.4. The van der Waals surface area contributed by atoms with E-state index in [1.54, 1.807) is 0 Å². The molecule has 0 bridgehead atoms. The van der Waals surface area contributed by atoms with Crippen LogP contribution in [0.1, 0.15) is 26.7 Å². The molecule has 17 heavy (non-hydrogen) atoms. The average molecular weight is 241 g/mol. The van der Waals surface area contributed by atoms with Crippen LogP contribution in [0.3, 0.4) is 0 Å². The number of ether oxygens (including phenoxy) is 1. The molecule has 0 spiro atoms. The summed E-state index contributed by atoms with van der Waals surface area (Å²) in [5.41, 5.74) is 5.97. The van der Waals surface area contributed by atoms with Crippen molar-refractivity contribution in [3.05, 3.63) is 0 Å². The molecule has 4 unspecified atom stereocenters. The molecule has 2 aliphatic rings. The van der Waals surface area contributed by atoms with Gasteiger partial charge in [0.25, 0.3) is 0 Å². The zero-order chi connectivity index (χ0) is 12.4. The second-order valence-electron chi connectivity index (χ2n) is 5.69. The van der Waals surface area contributed by atoms with Gasteiger partial charge in [-0.2, -0.15) is 0 Å². The molecule has 2 fully saturated rings. The van der Waals surface area contributed by atoms with Crippen LogP contribution < -0.4 is 5.73 Å². The van der Waals surface area contributed by atoms with Gasteiger partial charge in [-0.3, -0.25) is 4.90 Å². The van der Waals surface area contributed by atoms with Gasteiger partial charge in [-0.05, 0) is 33.7 Å². The van der Waals surface area contributed by atoms with E-state index in [0.29, 0.717) is 30.8 Å². The second kappa shape index (κ2) is 5.65. The molecular weight excluding hydrogens is 214 g/mol. The molecule has 2 heterocycles. The average Bonchev–Trinajstić information content (AvgIpc) is 2.71. The summed E-state index contributed by atoms with van der Waals surface area (Å²) in [6.45, 7) is 8.55. The van der Waals surface area contributed by atoms with Crippen LogP contribution in [0.2, 0.25) is 0 Å². The van der Waals surface area contributed by atoms with Crippen molar-refractivity contribution in [2.45, 2.75) is 51.0 Å². The van der Waals surface area contributed by atoms with Crippen molar-refractivity contribution in [2.24, 2.45) is 5.73 Å². The number of hydrogen-bond donors (Lipinski definition) is 1. The standard InChI is InChI=1S/C13H27N3O/c1-10-9-16(7-6-15(10)3)12(8-14)13-5-4-11(2)17-13/h10-13H,4-9,14H2,1-3H3. The fourth-order valence-corrected chi connectivity index (χ4v) is 3.03. The van der Waals surface area contributed by atoms with Gasteiger partial charge in [0, 0.05) is 38.3 Å². The third-order valence-electron chi connectivity index (χ3n) is 4.40. The van der Waals surface area contributed by atoms with Gasteiger partial charge in [-0.15, -0.1) is 0 Å². The van der Waals surface area contributed by atoms with Crippen LogP contribution in [0.5, 0.6) is 0 Å². The summed E-state index contributed by atoms with van der Waals surface area (Å²) in [6.07, 6.45) is 3.12. The molecule has 0 aromatic rings. The van der Waals surface area contributed by atoms with E-state index in [4.69, 9.17) is 10.5 Å². The van der Waals surface area contributed by atoms with E-state index in [2.05, 4.69) is 30.7 Å². The molecule has 0 amide bonds. The van der Waals surface area contributed by atoms with Crippen LogP contribution in [0.25, 0.3) is 0 Å². The van der Waals surface area contributed by atoms with Crippen molar-refractivity contribution < 1.29 is 4.74 Å². The van der Waals surface area contributed by atoms with Crippen LogP contribution in [0.15, 0.2) is 0 Å². The molecule has 2 rings (SSSR count). The van der Waals surface area contributed by atoms with Crippen molar-refractivity contribution in [2.75, 3.05) is 33.2 Å². The highest BCUT2D eigenvalue weighted by Crippen LogP contribution is 2.25. The summed E-state index contributed by atoms with van der Waals surface area (Å²) in [5, 5.41) is 0. The highest BCUT2D eigenvalue weighted by molar-refractivity contribution is 4.89. The first-order valence-electron chi connectivity index (χ1n) is 6.91. The fraction of sp³-hybridized carbons (Fsp3) is 1.00. The minimum absolute atomic E-state index is 0.352. The summed E-state index contributed by atoms with van der Waals surface area (Å²) in [6, 6.07) is 1.03. The summed E-state index contributed by atoms with van der Waals surface area (Å²) >= 11 is 0. The fourth-order valence-electron chi connectivity index (χ4n) is 3.03. The Morgan fingerprint density at radius 2 is 2.06 bits per heavy atom. The van der Waals surface area contributed by atoms with Gasteiger partial charge in [0.15, 0.2) is 0 Å². The van der Waals surface area contributed by atoms with Crippen LogP contribution in [0.4, 0.5) is 0 Å². The van der Waals surface area contributed by atoms with Gasteiger partial charge in [-0.25, -0.2) is 0 Å². The van der Waals surface area contributed by atoms with Gasteiger partial charge < -0.3 is 15.4 Å². The smallest absolute Gasteiger partial charge is 0.0747 e. The van der Waals surface area contributed by atoms with Crippen molar-refractivity contribution in [1.29, 1.82) is 0 Å². The number of hydrogen-bond acceptors (Lipinski definition) is 4. The van der Waals surface area contributed by atoms with Crippen LogP contribution in [-0.4, -0.2) is 67.3 Å². The summed E-state index contributed by atoms with van der Waals surface area (Å²) < 4.78 is 5.99. The maximum absolute atomic E-state index is 5.99. The Labute approximate surface area is 105 Å². The van der Waals surface area contributed by atoms with Gasteiger partial charge in [0.2, 0.25) is 0 Å². The van der Waals surface area contributed by atoms with Gasteiger partial charge >= 0.3 is 0 Å². The molecule has 0 aliphatic carbocycles. The summed E-state index contributed by atoms with van der Waals surface area (Å²) in [7, 11) is 2.20. The van der Waals surface area contributed by atoms with E-state index in [-0.39, 0.29) is 0 Å². The van der Waals surface area contributed by atoms with E-state index in [1.165, 1.54) is 12.8 Å². The lowest BCUT2D eigenvalue weighted by Crippen LogP contribution is -2.58. The van der Waals surface area contributed by atoms with E-state index in [1.807, 2.05) is 0 Å². The Morgan fingerprint density at radius 3 is 2.59 bits per heavy atom. The molecule has 2 saturated heterocycles. The Kier molecular flexibility index (Phi) is 4.42. The highest BCUT2D eigenvalue weighted by Gasteiger charge is 2.34. The highest BCUT2D eigenvalue weighted by atomic mass is 16.5. The maximum Gasteiger partial charge on any atom is 0.0747 e. The van der Waals surface area contributed by atoms with Crippen molar-refractivity contribution in [3.63, 3.8) is 0 Å². The van der Waals surface area contributed by atoms with Gasteiger partial charge in [0.05, 0.1) is 12.2 Å². The van der Waals surface area contributed by atoms with Crippen molar-refractivity contribution in [1.82, 2.24) is 9.80 Å². The molecule has 0 aromatic carbocycles. The first-order valence-corrected chi connectivity index (χ1v) is 6.91. The molecular formula is C13H27N3O. The molecule has 0 aromatic heterocycles. The van der Waals surface area contributed by atoms with E-state index >= 15 is 0 Å². The van der Waals surface area contributed by atoms with Crippen LogP contribution >= 0.6 is 0 Å². The zero-order valence-electron chi connectivity index (χ0n) is 11.4. The second-order valence-corrected chi connectivity index (χ2v) is 5.69.